The van der Waals surface area contributed by atoms with Crippen LogP contribution < -0.4 is 10.9 Å². The van der Waals surface area contributed by atoms with E-state index in [-0.39, 0.29) is 11.5 Å². The number of H-pyrrole nitrogens is 1. The lowest BCUT2D eigenvalue weighted by Gasteiger charge is -2.06. The molecule has 5 nitrogen and oxygen atoms in total. The van der Waals surface area contributed by atoms with E-state index < -0.39 is 0 Å². The van der Waals surface area contributed by atoms with E-state index in [1.807, 2.05) is 31.2 Å². The Morgan fingerprint density at radius 3 is 2.91 bits per heavy atom. The van der Waals surface area contributed by atoms with Crippen LogP contribution in [0.25, 0.3) is 10.9 Å². The zero-order valence-electron chi connectivity index (χ0n) is 12.8. The SMILES string of the molecule is Cc1ccc2[nH]c(=O)c(CCNC(=O)c3cccnc3)cc2c1. The van der Waals surface area contributed by atoms with Crippen molar-refractivity contribution in [2.24, 2.45) is 0 Å². The number of fused-ring (bicyclic) bond motifs is 1. The standard InChI is InChI=1S/C18H17N3O2/c1-12-4-5-16-15(9-12)10-13(18(23)21-16)6-8-20-17(22)14-3-2-7-19-11-14/h2-5,7,9-11H,6,8H2,1H3,(H,20,22)(H,21,23). The molecule has 23 heavy (non-hydrogen) atoms. The molecule has 0 bridgehead atoms. The van der Waals surface area contributed by atoms with Crippen LogP contribution in [0.2, 0.25) is 0 Å². The normalized spacial score (nSPS) is 10.7. The first kappa shape index (κ1) is 15.0. The fourth-order valence-electron chi connectivity index (χ4n) is 2.47. The Bertz CT molecular complexity index is 901. The summed E-state index contributed by atoms with van der Waals surface area (Å²) < 4.78 is 0. The van der Waals surface area contributed by atoms with Gasteiger partial charge >= 0.3 is 0 Å². The second-order valence-corrected chi connectivity index (χ2v) is 5.46. The van der Waals surface area contributed by atoms with E-state index in [9.17, 15) is 9.59 Å². The molecule has 0 radical (unpaired) electrons. The Hall–Kier alpha value is -2.95. The molecular weight excluding hydrogens is 290 g/mol. The van der Waals surface area contributed by atoms with Crippen molar-refractivity contribution in [2.45, 2.75) is 13.3 Å². The molecule has 0 spiro atoms. The first-order chi connectivity index (χ1) is 11.1. The highest BCUT2D eigenvalue weighted by Gasteiger charge is 2.06. The lowest BCUT2D eigenvalue weighted by atomic mass is 10.1. The molecule has 1 aromatic carbocycles. The molecule has 1 amide bonds. The molecule has 116 valence electrons. The van der Waals surface area contributed by atoms with Gasteiger partial charge in [-0.15, -0.1) is 0 Å². The fourth-order valence-corrected chi connectivity index (χ4v) is 2.47. The van der Waals surface area contributed by atoms with Gasteiger partial charge in [-0.05, 0) is 49.1 Å². The van der Waals surface area contributed by atoms with Gasteiger partial charge in [0.05, 0.1) is 5.56 Å². The zero-order chi connectivity index (χ0) is 16.2. The molecule has 0 fully saturated rings. The molecule has 3 rings (SSSR count). The van der Waals surface area contributed by atoms with Gasteiger partial charge < -0.3 is 10.3 Å². The van der Waals surface area contributed by atoms with Gasteiger partial charge in [-0.2, -0.15) is 0 Å². The summed E-state index contributed by atoms with van der Waals surface area (Å²) in [7, 11) is 0. The number of hydrogen-bond donors (Lipinski definition) is 2. The van der Waals surface area contributed by atoms with E-state index >= 15 is 0 Å². The minimum atomic E-state index is -0.189. The number of nitrogens with zero attached hydrogens (tertiary/aromatic N) is 1. The van der Waals surface area contributed by atoms with Crippen molar-refractivity contribution in [1.29, 1.82) is 0 Å². The first-order valence-corrected chi connectivity index (χ1v) is 7.44. The summed E-state index contributed by atoms with van der Waals surface area (Å²) in [6.07, 6.45) is 3.61. The number of pyridine rings is 2. The third-order valence-electron chi connectivity index (χ3n) is 3.68. The van der Waals surface area contributed by atoms with Crippen molar-refractivity contribution < 1.29 is 4.79 Å². The maximum atomic E-state index is 12.1. The maximum Gasteiger partial charge on any atom is 0.252 e. The number of aromatic nitrogens is 2. The zero-order valence-corrected chi connectivity index (χ0v) is 12.8. The second kappa shape index (κ2) is 6.44. The maximum absolute atomic E-state index is 12.1. The number of benzene rings is 1. The van der Waals surface area contributed by atoms with Gasteiger partial charge in [-0.25, -0.2) is 0 Å². The molecule has 0 unspecified atom stereocenters. The average molecular weight is 307 g/mol. The summed E-state index contributed by atoms with van der Waals surface area (Å²) in [6.45, 7) is 2.41. The third kappa shape index (κ3) is 3.45. The smallest absolute Gasteiger partial charge is 0.252 e. The van der Waals surface area contributed by atoms with Crippen LogP contribution in [0.1, 0.15) is 21.5 Å². The van der Waals surface area contributed by atoms with Crippen LogP contribution in [0.15, 0.2) is 53.6 Å². The molecular formula is C18H17N3O2. The van der Waals surface area contributed by atoms with E-state index in [4.69, 9.17) is 0 Å². The topological polar surface area (TPSA) is 74.8 Å². The molecule has 5 heteroatoms. The number of aryl methyl sites for hydroxylation is 1. The number of rotatable bonds is 4. The lowest BCUT2D eigenvalue weighted by Crippen LogP contribution is -2.27. The van der Waals surface area contributed by atoms with Gasteiger partial charge in [0.25, 0.3) is 11.5 Å². The summed E-state index contributed by atoms with van der Waals surface area (Å²) in [5.41, 5.74) is 3.02. The highest BCUT2D eigenvalue weighted by atomic mass is 16.1. The largest absolute Gasteiger partial charge is 0.352 e. The number of carbonyl (C=O) groups excluding carboxylic acids is 1. The number of nitrogens with one attached hydrogen (secondary N) is 2. The lowest BCUT2D eigenvalue weighted by molar-refractivity contribution is 0.0953. The molecule has 2 heterocycles. The average Bonchev–Trinajstić information content (AvgIpc) is 2.56. The van der Waals surface area contributed by atoms with Crippen LogP contribution in [-0.4, -0.2) is 22.4 Å². The number of aromatic amines is 1. The second-order valence-electron chi connectivity index (χ2n) is 5.46. The Labute approximate surface area is 133 Å². The van der Waals surface area contributed by atoms with Crippen LogP contribution in [0.3, 0.4) is 0 Å². The number of carbonyl (C=O) groups is 1. The van der Waals surface area contributed by atoms with Gasteiger partial charge in [-0.3, -0.25) is 14.6 Å². The van der Waals surface area contributed by atoms with Crippen LogP contribution in [0, 0.1) is 6.92 Å². The highest BCUT2D eigenvalue weighted by molar-refractivity contribution is 5.93. The molecule has 0 saturated heterocycles. The minimum absolute atomic E-state index is 0.114. The van der Waals surface area contributed by atoms with Crippen molar-refractivity contribution in [2.75, 3.05) is 6.54 Å². The Morgan fingerprint density at radius 2 is 2.13 bits per heavy atom. The Kier molecular flexibility index (Phi) is 4.19. The van der Waals surface area contributed by atoms with Gasteiger partial charge in [0.15, 0.2) is 0 Å². The van der Waals surface area contributed by atoms with E-state index in [1.165, 1.54) is 6.20 Å². The van der Waals surface area contributed by atoms with Crippen LogP contribution >= 0.6 is 0 Å². The summed E-state index contributed by atoms with van der Waals surface area (Å²) in [6, 6.07) is 11.2. The van der Waals surface area contributed by atoms with Gasteiger partial charge in [0, 0.05) is 30.0 Å². The van der Waals surface area contributed by atoms with Crippen molar-refractivity contribution in [3.8, 4) is 0 Å². The number of amides is 1. The molecule has 0 aliphatic carbocycles. The molecule has 2 aromatic heterocycles. The predicted octanol–water partition coefficient (Wildman–Crippen LogP) is 2.20. The molecule has 2 N–H and O–H groups in total. The molecule has 0 atom stereocenters. The van der Waals surface area contributed by atoms with Gasteiger partial charge in [0.2, 0.25) is 0 Å². The van der Waals surface area contributed by atoms with E-state index in [2.05, 4.69) is 15.3 Å². The Balaban J connectivity index is 1.71. The van der Waals surface area contributed by atoms with Crippen molar-refractivity contribution in [3.63, 3.8) is 0 Å². The van der Waals surface area contributed by atoms with Crippen molar-refractivity contribution >= 4 is 16.8 Å². The summed E-state index contributed by atoms with van der Waals surface area (Å²) >= 11 is 0. The third-order valence-corrected chi connectivity index (χ3v) is 3.68. The minimum Gasteiger partial charge on any atom is -0.352 e. The highest BCUT2D eigenvalue weighted by Crippen LogP contribution is 2.13. The monoisotopic (exact) mass is 307 g/mol. The van der Waals surface area contributed by atoms with E-state index in [0.717, 1.165) is 16.5 Å². The summed E-state index contributed by atoms with van der Waals surface area (Å²) in [5.74, 6) is -0.189. The molecule has 0 aliphatic rings. The van der Waals surface area contributed by atoms with E-state index in [1.54, 1.807) is 18.3 Å². The van der Waals surface area contributed by atoms with Crippen molar-refractivity contribution in [1.82, 2.24) is 15.3 Å². The van der Waals surface area contributed by atoms with Crippen LogP contribution in [-0.2, 0) is 6.42 Å². The van der Waals surface area contributed by atoms with E-state index in [0.29, 0.717) is 24.1 Å². The van der Waals surface area contributed by atoms with Gasteiger partial charge in [-0.1, -0.05) is 11.6 Å². The molecule has 0 saturated carbocycles. The van der Waals surface area contributed by atoms with Crippen LogP contribution in [0.4, 0.5) is 0 Å². The first-order valence-electron chi connectivity index (χ1n) is 7.44. The quantitative estimate of drug-likeness (QED) is 0.776. The van der Waals surface area contributed by atoms with Gasteiger partial charge in [0.1, 0.15) is 0 Å². The summed E-state index contributed by atoms with van der Waals surface area (Å²) in [5, 5.41) is 3.80. The predicted molar refractivity (Wildman–Crippen MR) is 89.6 cm³/mol. The Morgan fingerprint density at radius 1 is 1.26 bits per heavy atom. The molecule has 3 aromatic rings. The number of hydrogen-bond acceptors (Lipinski definition) is 3. The summed E-state index contributed by atoms with van der Waals surface area (Å²) in [4.78, 5) is 30.8. The van der Waals surface area contributed by atoms with Crippen LogP contribution in [0.5, 0.6) is 0 Å². The molecule has 0 aliphatic heterocycles. The van der Waals surface area contributed by atoms with Crippen molar-refractivity contribution in [3.05, 3.63) is 75.8 Å². The fraction of sp³-hybridized carbons (Fsp3) is 0.167.